The zero-order valence-corrected chi connectivity index (χ0v) is 24.6. The van der Waals surface area contributed by atoms with Crippen molar-refractivity contribution in [3.8, 4) is 16.9 Å². The molecule has 2 aromatic heterocycles. The Kier molecular flexibility index (Phi) is 9.79. The van der Waals surface area contributed by atoms with Crippen LogP contribution < -0.4 is 10.1 Å². The summed E-state index contributed by atoms with van der Waals surface area (Å²) in [7, 11) is 0. The lowest BCUT2D eigenvalue weighted by atomic mass is 10.0. The summed E-state index contributed by atoms with van der Waals surface area (Å²) in [6.07, 6.45) is 1.38. The SMILES string of the molecule is C=CCn1c(SCC(=O)Nc2scc(-c3ccccc3)c2C(=O)OCC)nnc1C(C)Oc1ccc(C)c(C)c1. The molecule has 0 aliphatic heterocycles. The molecule has 8 nitrogen and oxygen atoms in total. The van der Waals surface area contributed by atoms with Gasteiger partial charge in [-0.05, 0) is 56.5 Å². The summed E-state index contributed by atoms with van der Waals surface area (Å²) >= 11 is 2.55. The highest BCUT2D eigenvalue weighted by Gasteiger charge is 2.24. The number of thioether (sulfide) groups is 1. The molecule has 0 saturated carbocycles. The third-order valence-electron chi connectivity index (χ3n) is 6.15. The van der Waals surface area contributed by atoms with Gasteiger partial charge in [0.05, 0.1) is 12.4 Å². The predicted octanol–water partition coefficient (Wildman–Crippen LogP) is 6.86. The Morgan fingerprint density at radius 2 is 1.93 bits per heavy atom. The molecule has 1 atom stereocenters. The van der Waals surface area contributed by atoms with Crippen LogP contribution in [-0.2, 0) is 16.1 Å². The van der Waals surface area contributed by atoms with Gasteiger partial charge in [-0.1, -0.05) is 54.2 Å². The van der Waals surface area contributed by atoms with Gasteiger partial charge in [0.1, 0.15) is 16.3 Å². The van der Waals surface area contributed by atoms with Gasteiger partial charge in [-0.2, -0.15) is 0 Å². The number of aryl methyl sites for hydroxylation is 2. The molecule has 1 N–H and O–H groups in total. The van der Waals surface area contributed by atoms with Gasteiger partial charge in [0.15, 0.2) is 17.1 Å². The van der Waals surface area contributed by atoms with Crippen molar-refractivity contribution in [1.29, 1.82) is 0 Å². The number of thiophene rings is 1. The number of rotatable bonds is 12. The molecule has 4 rings (SSSR count). The lowest BCUT2D eigenvalue weighted by molar-refractivity contribution is -0.113. The number of ether oxygens (including phenoxy) is 2. The number of carbonyl (C=O) groups is 2. The number of anilines is 1. The topological polar surface area (TPSA) is 95.3 Å². The van der Waals surface area contributed by atoms with E-state index < -0.39 is 5.97 Å². The summed E-state index contributed by atoms with van der Waals surface area (Å²) in [5.74, 6) is 0.712. The highest BCUT2D eigenvalue weighted by atomic mass is 32.2. The Labute approximate surface area is 242 Å². The Morgan fingerprint density at radius 1 is 1.15 bits per heavy atom. The Hall–Kier alpha value is -3.89. The Bertz CT molecular complexity index is 1500. The van der Waals surface area contributed by atoms with Gasteiger partial charge in [0.25, 0.3) is 0 Å². The van der Waals surface area contributed by atoms with Crippen LogP contribution >= 0.6 is 23.1 Å². The molecule has 0 radical (unpaired) electrons. The number of carbonyl (C=O) groups excluding carboxylic acids is 2. The number of nitrogens with one attached hydrogen (secondary N) is 1. The minimum Gasteiger partial charge on any atom is -0.483 e. The molecule has 4 aromatic rings. The summed E-state index contributed by atoms with van der Waals surface area (Å²) in [5.41, 5.74) is 4.29. The molecule has 1 unspecified atom stereocenters. The highest BCUT2D eigenvalue weighted by Crippen LogP contribution is 2.36. The van der Waals surface area contributed by atoms with Crippen molar-refractivity contribution in [3.63, 3.8) is 0 Å². The summed E-state index contributed by atoms with van der Waals surface area (Å²) in [6.45, 7) is 12.3. The Morgan fingerprint density at radius 3 is 2.62 bits per heavy atom. The third kappa shape index (κ3) is 6.81. The van der Waals surface area contributed by atoms with Crippen LogP contribution in [-0.4, -0.2) is 39.0 Å². The van der Waals surface area contributed by atoms with Crippen LogP contribution in [0.5, 0.6) is 5.75 Å². The van der Waals surface area contributed by atoms with Crippen LogP contribution in [0.4, 0.5) is 5.00 Å². The van der Waals surface area contributed by atoms with E-state index in [0.717, 1.165) is 22.4 Å². The van der Waals surface area contributed by atoms with E-state index in [0.29, 0.717) is 28.1 Å². The summed E-state index contributed by atoms with van der Waals surface area (Å²) in [6, 6.07) is 15.5. The second-order valence-electron chi connectivity index (χ2n) is 9.02. The van der Waals surface area contributed by atoms with Gasteiger partial charge in [-0.15, -0.1) is 28.1 Å². The van der Waals surface area contributed by atoms with Crippen molar-refractivity contribution in [2.75, 3.05) is 17.7 Å². The van der Waals surface area contributed by atoms with Gasteiger partial charge in [-0.3, -0.25) is 9.36 Å². The molecule has 0 fully saturated rings. The van der Waals surface area contributed by atoms with Crippen molar-refractivity contribution in [2.24, 2.45) is 0 Å². The molecule has 0 spiro atoms. The number of hydrogen-bond acceptors (Lipinski definition) is 8. The number of allylic oxidation sites excluding steroid dienone is 1. The first-order valence-corrected chi connectivity index (χ1v) is 14.7. The normalized spacial score (nSPS) is 11.6. The molecular formula is C30H32N4O4S2. The number of esters is 1. The van der Waals surface area contributed by atoms with Gasteiger partial charge >= 0.3 is 5.97 Å². The van der Waals surface area contributed by atoms with Crippen LogP contribution in [0.3, 0.4) is 0 Å². The van der Waals surface area contributed by atoms with Gasteiger partial charge in [-0.25, -0.2) is 4.79 Å². The molecule has 2 heterocycles. The van der Waals surface area contributed by atoms with Gasteiger partial charge < -0.3 is 14.8 Å². The number of hydrogen-bond donors (Lipinski definition) is 1. The fourth-order valence-electron chi connectivity index (χ4n) is 4.03. The second kappa shape index (κ2) is 13.5. The predicted molar refractivity (Wildman–Crippen MR) is 160 cm³/mol. The van der Waals surface area contributed by atoms with Crippen LogP contribution in [0.2, 0.25) is 0 Å². The fourth-order valence-corrected chi connectivity index (χ4v) is 5.76. The standard InChI is InChI=1S/C30H32N4O4S2/c1-6-15-34-27(21(5)38-23-14-13-19(3)20(4)16-23)32-33-30(34)40-18-25(35)31-28-26(29(36)37-7-2)24(17-39-28)22-11-9-8-10-12-22/h6,8-14,16-17,21H,1,7,15,18H2,2-5H3,(H,31,35). The van der Waals surface area contributed by atoms with E-state index in [4.69, 9.17) is 9.47 Å². The van der Waals surface area contributed by atoms with E-state index in [1.54, 1.807) is 13.0 Å². The summed E-state index contributed by atoms with van der Waals surface area (Å²) < 4.78 is 13.3. The zero-order valence-electron chi connectivity index (χ0n) is 23.0. The number of benzene rings is 2. The molecule has 208 valence electrons. The Balaban J connectivity index is 1.48. The summed E-state index contributed by atoms with van der Waals surface area (Å²) in [4.78, 5) is 25.8. The monoisotopic (exact) mass is 576 g/mol. The minimum atomic E-state index is -0.473. The number of aromatic nitrogens is 3. The molecule has 0 aliphatic carbocycles. The molecule has 2 aromatic carbocycles. The fraction of sp³-hybridized carbons (Fsp3) is 0.267. The van der Waals surface area contributed by atoms with Crippen molar-refractivity contribution >= 4 is 40.0 Å². The lowest BCUT2D eigenvalue weighted by Crippen LogP contribution is -2.17. The van der Waals surface area contributed by atoms with Crippen molar-refractivity contribution in [1.82, 2.24) is 14.8 Å². The number of nitrogens with zero attached hydrogens (tertiary/aromatic N) is 3. The first-order chi connectivity index (χ1) is 19.3. The highest BCUT2D eigenvalue weighted by molar-refractivity contribution is 7.99. The van der Waals surface area contributed by atoms with E-state index in [2.05, 4.69) is 29.0 Å². The smallest absolute Gasteiger partial charge is 0.341 e. The van der Waals surface area contributed by atoms with Crippen molar-refractivity contribution in [2.45, 2.75) is 45.5 Å². The average Bonchev–Trinajstić information content (AvgIpc) is 3.54. The molecule has 0 bridgehead atoms. The molecule has 10 heteroatoms. The van der Waals surface area contributed by atoms with E-state index in [1.807, 2.05) is 72.3 Å². The molecule has 1 amide bonds. The van der Waals surface area contributed by atoms with E-state index in [-0.39, 0.29) is 24.4 Å². The van der Waals surface area contributed by atoms with Crippen molar-refractivity contribution in [3.05, 3.63) is 89.1 Å². The van der Waals surface area contributed by atoms with Crippen LogP contribution in [0.25, 0.3) is 11.1 Å². The van der Waals surface area contributed by atoms with E-state index in [9.17, 15) is 9.59 Å². The molecule has 40 heavy (non-hydrogen) atoms. The number of amides is 1. The molecule has 0 aliphatic rings. The summed E-state index contributed by atoms with van der Waals surface area (Å²) in [5, 5.41) is 14.4. The maximum Gasteiger partial charge on any atom is 0.341 e. The van der Waals surface area contributed by atoms with Gasteiger partial charge in [0, 0.05) is 17.5 Å². The minimum absolute atomic E-state index is 0.0719. The van der Waals surface area contributed by atoms with E-state index in [1.165, 1.54) is 28.7 Å². The first-order valence-electron chi connectivity index (χ1n) is 12.9. The van der Waals surface area contributed by atoms with Crippen molar-refractivity contribution < 1.29 is 19.1 Å². The van der Waals surface area contributed by atoms with Crippen LogP contribution in [0, 0.1) is 13.8 Å². The van der Waals surface area contributed by atoms with Crippen LogP contribution in [0.1, 0.15) is 47.3 Å². The largest absolute Gasteiger partial charge is 0.483 e. The second-order valence-corrected chi connectivity index (χ2v) is 10.8. The van der Waals surface area contributed by atoms with Crippen LogP contribution in [0.15, 0.2) is 71.7 Å². The maximum absolute atomic E-state index is 13.0. The quantitative estimate of drug-likeness (QED) is 0.112. The zero-order chi connectivity index (χ0) is 28.6. The maximum atomic E-state index is 13.0. The average molecular weight is 577 g/mol. The molecule has 0 saturated heterocycles. The lowest BCUT2D eigenvalue weighted by Gasteiger charge is -2.16. The third-order valence-corrected chi connectivity index (χ3v) is 8.01. The molecular weight excluding hydrogens is 544 g/mol. The van der Waals surface area contributed by atoms with Gasteiger partial charge in [0.2, 0.25) is 5.91 Å². The van der Waals surface area contributed by atoms with E-state index >= 15 is 0 Å². The first kappa shape index (κ1) is 29.1.